The lowest BCUT2D eigenvalue weighted by Gasteiger charge is -2.27. The average molecular weight is 400 g/mol. The first kappa shape index (κ1) is 20.2. The summed E-state index contributed by atoms with van der Waals surface area (Å²) in [6.07, 6.45) is 0. The van der Waals surface area contributed by atoms with E-state index in [1.54, 1.807) is 12.1 Å². The number of carbonyl (C=O) groups is 1. The molecular formula is C21H22ClN3O3. The van der Waals surface area contributed by atoms with Crippen LogP contribution >= 0.6 is 11.6 Å². The summed E-state index contributed by atoms with van der Waals surface area (Å²) in [5.41, 5.74) is 2.72. The third-order valence-corrected chi connectivity index (χ3v) is 4.81. The minimum Gasteiger partial charge on any atom is -0.482 e. The molecule has 1 N–H and O–H groups in total. The van der Waals surface area contributed by atoms with E-state index in [9.17, 15) is 4.79 Å². The molecular weight excluding hydrogens is 378 g/mol. The number of morpholine rings is 1. The SMILES string of the molecule is N#Cc1ccc(OCC(=O)NCc2ccccc2CN2CCOCC2)c(Cl)c1. The largest absolute Gasteiger partial charge is 0.482 e. The van der Waals surface area contributed by atoms with Crippen LogP contribution in [0.25, 0.3) is 0 Å². The maximum Gasteiger partial charge on any atom is 0.258 e. The van der Waals surface area contributed by atoms with E-state index in [1.165, 1.54) is 11.6 Å². The van der Waals surface area contributed by atoms with Crippen molar-refractivity contribution in [1.29, 1.82) is 5.26 Å². The Morgan fingerprint density at radius 3 is 2.68 bits per heavy atom. The lowest BCUT2D eigenvalue weighted by atomic mass is 10.1. The van der Waals surface area contributed by atoms with Crippen molar-refractivity contribution in [2.45, 2.75) is 13.1 Å². The van der Waals surface area contributed by atoms with Gasteiger partial charge in [0.15, 0.2) is 6.61 Å². The molecule has 0 aromatic heterocycles. The maximum atomic E-state index is 12.2. The fraction of sp³-hybridized carbons (Fsp3) is 0.333. The molecule has 1 aliphatic heterocycles. The van der Waals surface area contributed by atoms with Crippen molar-refractivity contribution in [1.82, 2.24) is 10.2 Å². The number of hydrogen-bond acceptors (Lipinski definition) is 5. The van der Waals surface area contributed by atoms with Gasteiger partial charge in [-0.25, -0.2) is 0 Å². The highest BCUT2D eigenvalue weighted by molar-refractivity contribution is 6.32. The van der Waals surface area contributed by atoms with Crippen LogP contribution in [0.1, 0.15) is 16.7 Å². The molecule has 1 amide bonds. The highest BCUT2D eigenvalue weighted by Gasteiger charge is 2.13. The molecule has 6 nitrogen and oxygen atoms in total. The van der Waals surface area contributed by atoms with Gasteiger partial charge in [-0.2, -0.15) is 5.26 Å². The van der Waals surface area contributed by atoms with Crippen molar-refractivity contribution >= 4 is 17.5 Å². The second kappa shape index (κ2) is 10.1. The highest BCUT2D eigenvalue weighted by atomic mass is 35.5. The first-order valence-electron chi connectivity index (χ1n) is 9.12. The van der Waals surface area contributed by atoms with Crippen LogP contribution in [-0.2, 0) is 22.6 Å². The van der Waals surface area contributed by atoms with Gasteiger partial charge in [-0.3, -0.25) is 9.69 Å². The van der Waals surface area contributed by atoms with Crippen LogP contribution in [0, 0.1) is 11.3 Å². The van der Waals surface area contributed by atoms with Crippen LogP contribution in [0.4, 0.5) is 0 Å². The molecule has 1 heterocycles. The summed E-state index contributed by atoms with van der Waals surface area (Å²) in [5.74, 6) is 0.144. The Morgan fingerprint density at radius 2 is 1.96 bits per heavy atom. The molecule has 7 heteroatoms. The van der Waals surface area contributed by atoms with Gasteiger partial charge in [-0.15, -0.1) is 0 Å². The molecule has 0 radical (unpaired) electrons. The predicted molar refractivity (Wildman–Crippen MR) is 106 cm³/mol. The summed E-state index contributed by atoms with van der Waals surface area (Å²) in [6.45, 7) is 4.48. The Kier molecular flexibility index (Phi) is 7.26. The molecule has 0 aliphatic carbocycles. The first-order chi connectivity index (χ1) is 13.7. The van der Waals surface area contributed by atoms with Crippen molar-refractivity contribution in [3.05, 3.63) is 64.2 Å². The lowest BCUT2D eigenvalue weighted by molar-refractivity contribution is -0.123. The van der Waals surface area contributed by atoms with Crippen molar-refractivity contribution < 1.29 is 14.3 Å². The van der Waals surface area contributed by atoms with E-state index in [0.29, 0.717) is 22.9 Å². The van der Waals surface area contributed by atoms with Crippen LogP contribution in [0.2, 0.25) is 5.02 Å². The number of rotatable bonds is 7. The predicted octanol–water partition coefficient (Wildman–Crippen LogP) is 2.74. The highest BCUT2D eigenvalue weighted by Crippen LogP contribution is 2.25. The zero-order valence-corrected chi connectivity index (χ0v) is 16.2. The van der Waals surface area contributed by atoms with Crippen LogP contribution in [0.5, 0.6) is 5.75 Å². The quantitative estimate of drug-likeness (QED) is 0.774. The maximum absolute atomic E-state index is 12.2. The smallest absolute Gasteiger partial charge is 0.258 e. The zero-order valence-electron chi connectivity index (χ0n) is 15.5. The fourth-order valence-electron chi connectivity index (χ4n) is 2.96. The van der Waals surface area contributed by atoms with Gasteiger partial charge in [0.25, 0.3) is 5.91 Å². The number of ether oxygens (including phenoxy) is 2. The van der Waals surface area contributed by atoms with Gasteiger partial charge in [0, 0.05) is 26.2 Å². The molecule has 0 bridgehead atoms. The van der Waals surface area contributed by atoms with Crippen LogP contribution in [-0.4, -0.2) is 43.7 Å². The number of hydrogen-bond donors (Lipinski definition) is 1. The summed E-state index contributed by atoms with van der Waals surface area (Å²) in [4.78, 5) is 14.5. The van der Waals surface area contributed by atoms with E-state index in [2.05, 4.69) is 16.3 Å². The summed E-state index contributed by atoms with van der Waals surface area (Å²) in [6, 6.07) is 14.8. The van der Waals surface area contributed by atoms with Crippen molar-refractivity contribution in [3.8, 4) is 11.8 Å². The van der Waals surface area contributed by atoms with Crippen LogP contribution < -0.4 is 10.1 Å². The van der Waals surface area contributed by atoms with Crippen LogP contribution in [0.3, 0.4) is 0 Å². The molecule has 2 aromatic carbocycles. The van der Waals surface area contributed by atoms with Gasteiger partial charge < -0.3 is 14.8 Å². The molecule has 0 atom stereocenters. The van der Waals surface area contributed by atoms with Gasteiger partial charge in [-0.1, -0.05) is 35.9 Å². The van der Waals surface area contributed by atoms with E-state index in [1.807, 2.05) is 24.3 Å². The van der Waals surface area contributed by atoms with Gasteiger partial charge in [0.05, 0.1) is 29.9 Å². The van der Waals surface area contributed by atoms with E-state index in [-0.39, 0.29) is 12.5 Å². The summed E-state index contributed by atoms with van der Waals surface area (Å²) in [7, 11) is 0. The molecule has 1 fully saturated rings. The number of nitrogens with one attached hydrogen (secondary N) is 1. The van der Waals surface area contributed by atoms with Crippen molar-refractivity contribution in [2.24, 2.45) is 0 Å². The molecule has 0 spiro atoms. The van der Waals surface area contributed by atoms with Crippen molar-refractivity contribution in [2.75, 3.05) is 32.9 Å². The van der Waals surface area contributed by atoms with Gasteiger partial charge in [0.2, 0.25) is 0 Å². The molecule has 0 unspecified atom stereocenters. The Labute approximate surface area is 169 Å². The number of amides is 1. The molecule has 1 aliphatic rings. The standard InChI is InChI=1S/C21H22ClN3O3/c22-19-11-16(12-23)5-6-20(19)28-15-21(26)24-13-17-3-1-2-4-18(17)14-25-7-9-27-10-8-25/h1-6,11H,7-10,13-15H2,(H,24,26). The Bertz CT molecular complexity index is 860. The summed E-state index contributed by atoms with van der Waals surface area (Å²) < 4.78 is 10.9. The summed E-state index contributed by atoms with van der Waals surface area (Å²) in [5, 5.41) is 12.0. The third-order valence-electron chi connectivity index (χ3n) is 4.51. The lowest BCUT2D eigenvalue weighted by Crippen LogP contribution is -2.36. The average Bonchev–Trinajstić information content (AvgIpc) is 2.73. The van der Waals surface area contributed by atoms with E-state index in [4.69, 9.17) is 26.3 Å². The molecule has 3 rings (SSSR count). The third kappa shape index (κ3) is 5.70. The molecule has 1 saturated heterocycles. The van der Waals surface area contributed by atoms with Gasteiger partial charge in [0.1, 0.15) is 5.75 Å². The number of nitrogens with zero attached hydrogens (tertiary/aromatic N) is 2. The Hall–Kier alpha value is -2.59. The van der Waals surface area contributed by atoms with Crippen LogP contribution in [0.15, 0.2) is 42.5 Å². The number of carbonyl (C=O) groups excluding carboxylic acids is 1. The number of nitriles is 1. The molecule has 0 saturated carbocycles. The number of benzene rings is 2. The fourth-order valence-corrected chi connectivity index (χ4v) is 3.20. The summed E-state index contributed by atoms with van der Waals surface area (Å²) >= 11 is 6.06. The minimum absolute atomic E-state index is 0.142. The topological polar surface area (TPSA) is 74.6 Å². The molecule has 28 heavy (non-hydrogen) atoms. The second-order valence-corrected chi connectivity index (χ2v) is 6.89. The monoisotopic (exact) mass is 399 g/mol. The van der Waals surface area contributed by atoms with E-state index >= 15 is 0 Å². The second-order valence-electron chi connectivity index (χ2n) is 6.48. The van der Waals surface area contributed by atoms with Gasteiger partial charge >= 0.3 is 0 Å². The Balaban J connectivity index is 1.51. The van der Waals surface area contributed by atoms with E-state index in [0.717, 1.165) is 38.4 Å². The molecule has 2 aromatic rings. The minimum atomic E-state index is -0.235. The van der Waals surface area contributed by atoms with Gasteiger partial charge in [-0.05, 0) is 29.3 Å². The van der Waals surface area contributed by atoms with Crippen molar-refractivity contribution in [3.63, 3.8) is 0 Å². The molecule has 146 valence electrons. The number of halogens is 1. The first-order valence-corrected chi connectivity index (χ1v) is 9.49. The normalized spacial score (nSPS) is 14.3. The zero-order chi connectivity index (χ0) is 19.8. The van der Waals surface area contributed by atoms with E-state index < -0.39 is 0 Å². The Morgan fingerprint density at radius 1 is 1.21 bits per heavy atom.